The number of ether oxygens (including phenoxy) is 1. The Kier molecular flexibility index (Phi) is 5.11. The minimum absolute atomic E-state index is 0.559. The molecule has 0 bridgehead atoms. The molecule has 0 spiro atoms. The molecule has 9 nitrogen and oxygen atoms in total. The molecule has 4 N–H and O–H groups in total. The van der Waals surface area contributed by atoms with Gasteiger partial charge in [0, 0.05) is 6.66 Å². The third-order valence-electron chi connectivity index (χ3n) is 2.26. The first kappa shape index (κ1) is 16.2. The van der Waals surface area contributed by atoms with Crippen molar-refractivity contribution in [3.63, 3.8) is 0 Å². The maximum atomic E-state index is 11.2. The van der Waals surface area contributed by atoms with E-state index in [9.17, 15) is 19.3 Å². The van der Waals surface area contributed by atoms with Crippen LogP contribution >= 0.6 is 15.4 Å². The Morgan fingerprint density at radius 3 is 2.17 bits per heavy atom. The summed E-state index contributed by atoms with van der Waals surface area (Å²) in [5, 5.41) is 18.9. The molecule has 1 rings (SSSR count). The van der Waals surface area contributed by atoms with Gasteiger partial charge in [0.1, 0.15) is 18.3 Å². The summed E-state index contributed by atoms with van der Waals surface area (Å²) in [5.74, 6) is 0. The molecule has 0 amide bonds. The molecule has 0 aromatic rings. The van der Waals surface area contributed by atoms with Gasteiger partial charge in [0.25, 0.3) is 0 Å². The van der Waals surface area contributed by atoms with Crippen LogP contribution < -0.4 is 0 Å². The van der Waals surface area contributed by atoms with Gasteiger partial charge < -0.3 is 24.7 Å². The van der Waals surface area contributed by atoms with Gasteiger partial charge in [0.2, 0.25) is 0 Å². The van der Waals surface area contributed by atoms with E-state index in [0.717, 1.165) is 6.66 Å². The summed E-state index contributed by atoms with van der Waals surface area (Å²) < 4.78 is 35.5. The Balaban J connectivity index is 2.51. The first-order chi connectivity index (χ1) is 8.02. The van der Waals surface area contributed by atoms with Crippen LogP contribution in [-0.2, 0) is 22.7 Å². The number of aliphatic hydroxyl groups excluding tert-OH is 2. The van der Waals surface area contributed by atoms with Gasteiger partial charge in [-0.2, -0.15) is 0 Å². The summed E-state index contributed by atoms with van der Waals surface area (Å²) in [4.78, 5) is 17.9. The minimum atomic E-state index is -4.72. The molecule has 11 heteroatoms. The van der Waals surface area contributed by atoms with Gasteiger partial charge in [-0.15, -0.1) is 0 Å². The predicted molar refractivity (Wildman–Crippen MR) is 59.0 cm³/mol. The Labute approximate surface area is 103 Å². The Morgan fingerprint density at radius 1 is 1.22 bits per heavy atom. The van der Waals surface area contributed by atoms with Gasteiger partial charge in [-0.05, 0) is 6.92 Å². The van der Waals surface area contributed by atoms with Crippen LogP contribution in [0.1, 0.15) is 6.92 Å². The van der Waals surface area contributed by atoms with E-state index in [1.54, 1.807) is 0 Å². The quantitative estimate of drug-likeness (QED) is 0.491. The molecule has 1 heterocycles. The molecule has 0 aromatic carbocycles. The molecule has 108 valence electrons. The van der Waals surface area contributed by atoms with Crippen molar-refractivity contribution in [2.45, 2.75) is 31.3 Å². The number of hydrogen-bond acceptors (Lipinski definition) is 7. The van der Waals surface area contributed by atoms with Gasteiger partial charge in [0.15, 0.2) is 0 Å². The maximum absolute atomic E-state index is 11.2. The van der Waals surface area contributed by atoms with Gasteiger partial charge in [-0.3, -0.25) is 9.09 Å². The second-order valence-electron chi connectivity index (χ2n) is 4.01. The SMILES string of the molecule is CC1OC(COP(=O)(O)OP(C)(=O)O)C(O)C1O. The molecular formula is C7H16O9P2. The van der Waals surface area contributed by atoms with Crippen molar-refractivity contribution in [3.8, 4) is 0 Å². The molecule has 6 atom stereocenters. The number of aliphatic hydroxyl groups is 2. The van der Waals surface area contributed by atoms with Crippen LogP contribution in [0.25, 0.3) is 0 Å². The lowest BCUT2D eigenvalue weighted by Gasteiger charge is -2.18. The highest BCUT2D eigenvalue weighted by Crippen LogP contribution is 2.57. The zero-order chi connectivity index (χ0) is 14.1. The minimum Gasteiger partial charge on any atom is -0.388 e. The van der Waals surface area contributed by atoms with Gasteiger partial charge in [-0.1, -0.05) is 0 Å². The summed E-state index contributed by atoms with van der Waals surface area (Å²) in [6.07, 6.45) is -4.08. The van der Waals surface area contributed by atoms with E-state index >= 15 is 0 Å². The lowest BCUT2D eigenvalue weighted by atomic mass is 10.1. The molecule has 18 heavy (non-hydrogen) atoms. The molecule has 0 aromatic heterocycles. The smallest absolute Gasteiger partial charge is 0.388 e. The summed E-state index contributed by atoms with van der Waals surface area (Å²) in [6.45, 7) is 1.68. The van der Waals surface area contributed by atoms with E-state index in [0.29, 0.717) is 0 Å². The average Bonchev–Trinajstić information content (AvgIpc) is 2.39. The van der Waals surface area contributed by atoms with Crippen LogP contribution in [0.3, 0.4) is 0 Å². The Bertz CT molecular complexity index is 379. The van der Waals surface area contributed by atoms with Crippen molar-refractivity contribution in [2.24, 2.45) is 0 Å². The summed E-state index contributed by atoms with van der Waals surface area (Å²) >= 11 is 0. The van der Waals surface area contributed by atoms with E-state index in [1.807, 2.05) is 0 Å². The van der Waals surface area contributed by atoms with Crippen LogP contribution in [0, 0.1) is 0 Å². The van der Waals surface area contributed by atoms with Crippen molar-refractivity contribution in [2.75, 3.05) is 13.3 Å². The van der Waals surface area contributed by atoms with Crippen molar-refractivity contribution >= 4 is 15.4 Å². The van der Waals surface area contributed by atoms with Crippen LogP contribution in [0.5, 0.6) is 0 Å². The summed E-state index contributed by atoms with van der Waals surface area (Å²) in [5.41, 5.74) is 0. The lowest BCUT2D eigenvalue weighted by Crippen LogP contribution is -2.33. The first-order valence-corrected chi connectivity index (χ1v) is 8.54. The van der Waals surface area contributed by atoms with Crippen molar-refractivity contribution in [1.82, 2.24) is 0 Å². The highest BCUT2D eigenvalue weighted by molar-refractivity contribution is 7.63. The predicted octanol–water partition coefficient (Wildman–Crippen LogP) is -0.556. The van der Waals surface area contributed by atoms with Gasteiger partial charge in [0.05, 0.1) is 12.7 Å². The van der Waals surface area contributed by atoms with E-state index in [2.05, 4.69) is 8.83 Å². The molecule has 0 radical (unpaired) electrons. The standard InChI is InChI=1S/C7H16O9P2/c1-4-6(8)7(9)5(15-4)3-14-18(12,13)16-17(2,10)11/h4-9H,3H2,1-2H3,(H,10,11)(H,12,13). The molecule has 0 aliphatic carbocycles. The molecule has 6 unspecified atom stereocenters. The molecule has 1 fully saturated rings. The van der Waals surface area contributed by atoms with Crippen LogP contribution in [-0.4, -0.2) is 57.7 Å². The summed E-state index contributed by atoms with van der Waals surface area (Å²) in [6, 6.07) is 0. The van der Waals surface area contributed by atoms with E-state index in [4.69, 9.17) is 14.5 Å². The highest BCUT2D eigenvalue weighted by atomic mass is 31.3. The van der Waals surface area contributed by atoms with Crippen LogP contribution in [0.15, 0.2) is 0 Å². The van der Waals surface area contributed by atoms with Crippen LogP contribution in [0.4, 0.5) is 0 Å². The highest BCUT2D eigenvalue weighted by Gasteiger charge is 2.42. The Morgan fingerprint density at radius 2 is 1.78 bits per heavy atom. The number of phosphoric acid groups is 1. The monoisotopic (exact) mass is 306 g/mol. The lowest BCUT2D eigenvalue weighted by molar-refractivity contribution is -0.0165. The summed E-state index contributed by atoms with van der Waals surface area (Å²) in [7, 11) is -8.90. The average molecular weight is 306 g/mol. The second kappa shape index (κ2) is 5.66. The van der Waals surface area contributed by atoms with Crippen molar-refractivity contribution in [3.05, 3.63) is 0 Å². The van der Waals surface area contributed by atoms with Crippen molar-refractivity contribution < 1.29 is 42.7 Å². The van der Waals surface area contributed by atoms with Gasteiger partial charge in [-0.25, -0.2) is 8.88 Å². The maximum Gasteiger partial charge on any atom is 0.479 e. The number of hydrogen-bond donors (Lipinski definition) is 4. The topological polar surface area (TPSA) is 143 Å². The first-order valence-electron chi connectivity index (χ1n) is 5.02. The van der Waals surface area contributed by atoms with Gasteiger partial charge >= 0.3 is 15.4 Å². The fourth-order valence-electron chi connectivity index (χ4n) is 1.45. The number of rotatable bonds is 5. The molecule has 1 saturated heterocycles. The normalized spacial score (nSPS) is 39.2. The third kappa shape index (κ3) is 4.70. The molecular weight excluding hydrogens is 290 g/mol. The molecule has 1 aliphatic rings. The second-order valence-corrected chi connectivity index (χ2v) is 7.46. The van der Waals surface area contributed by atoms with E-state index in [-0.39, 0.29) is 0 Å². The fraction of sp³-hybridized carbons (Fsp3) is 1.00. The zero-order valence-corrected chi connectivity index (χ0v) is 11.5. The Hall–Kier alpha value is 0.180. The van der Waals surface area contributed by atoms with Crippen molar-refractivity contribution in [1.29, 1.82) is 0 Å². The largest absolute Gasteiger partial charge is 0.479 e. The number of phosphoric ester groups is 1. The molecule has 0 saturated carbocycles. The van der Waals surface area contributed by atoms with E-state index in [1.165, 1.54) is 6.92 Å². The zero-order valence-electron chi connectivity index (χ0n) is 9.74. The fourth-order valence-corrected chi connectivity index (χ4v) is 3.51. The third-order valence-corrected chi connectivity index (χ3v) is 4.77. The van der Waals surface area contributed by atoms with Crippen LogP contribution in [0.2, 0.25) is 0 Å². The van der Waals surface area contributed by atoms with E-state index < -0.39 is 46.4 Å². The molecule has 1 aliphatic heterocycles.